The van der Waals surface area contributed by atoms with Crippen molar-refractivity contribution in [1.82, 2.24) is 4.90 Å². The smallest absolute Gasteiger partial charge is 0.231 e. The molecule has 1 amide bonds. The van der Waals surface area contributed by atoms with E-state index in [1.807, 2.05) is 30.1 Å². The summed E-state index contributed by atoms with van der Waals surface area (Å²) < 4.78 is 5.36. The van der Waals surface area contributed by atoms with Gasteiger partial charge in [0, 0.05) is 38.5 Å². The summed E-state index contributed by atoms with van der Waals surface area (Å²) in [6.07, 6.45) is 1.90. The average Bonchev–Trinajstić information content (AvgIpc) is 2.90. The van der Waals surface area contributed by atoms with Crippen molar-refractivity contribution in [2.45, 2.75) is 24.8 Å². The second-order valence-corrected chi connectivity index (χ2v) is 5.31. The van der Waals surface area contributed by atoms with Crippen LogP contribution in [-0.2, 0) is 9.53 Å². The predicted molar refractivity (Wildman–Crippen MR) is 74.3 cm³/mol. The number of nitrogens with zero attached hydrogens (tertiary/aromatic N) is 1. The van der Waals surface area contributed by atoms with Crippen LogP contribution in [0, 0.1) is 0 Å². The molecular weight excluding hydrogens is 240 g/mol. The van der Waals surface area contributed by atoms with Gasteiger partial charge in [0.2, 0.25) is 5.91 Å². The van der Waals surface area contributed by atoms with Gasteiger partial charge in [-0.15, -0.1) is 0 Å². The van der Waals surface area contributed by atoms with Crippen LogP contribution in [0.4, 0.5) is 5.69 Å². The SMILES string of the molecule is CN(C(=O)C1CNc2ccccc21)C1CCOCC1. The van der Waals surface area contributed by atoms with Crippen LogP contribution >= 0.6 is 0 Å². The highest BCUT2D eigenvalue weighted by molar-refractivity contribution is 5.88. The van der Waals surface area contributed by atoms with Crippen LogP contribution in [0.5, 0.6) is 0 Å². The van der Waals surface area contributed by atoms with E-state index >= 15 is 0 Å². The van der Waals surface area contributed by atoms with Gasteiger partial charge in [0.05, 0.1) is 5.92 Å². The molecule has 2 aliphatic rings. The summed E-state index contributed by atoms with van der Waals surface area (Å²) in [6.45, 7) is 2.25. The van der Waals surface area contributed by atoms with Crippen LogP contribution in [0.1, 0.15) is 24.3 Å². The van der Waals surface area contributed by atoms with E-state index in [0.29, 0.717) is 12.6 Å². The van der Waals surface area contributed by atoms with Crippen molar-refractivity contribution < 1.29 is 9.53 Å². The number of ether oxygens (including phenoxy) is 1. The Bertz CT molecular complexity index is 469. The summed E-state index contributed by atoms with van der Waals surface area (Å²) in [6, 6.07) is 8.42. The molecular formula is C15H20N2O2. The Morgan fingerprint density at radius 3 is 2.84 bits per heavy atom. The molecule has 1 unspecified atom stereocenters. The average molecular weight is 260 g/mol. The molecule has 1 saturated heterocycles. The van der Waals surface area contributed by atoms with Gasteiger partial charge >= 0.3 is 0 Å². The van der Waals surface area contributed by atoms with Crippen LogP contribution in [0.15, 0.2) is 24.3 Å². The van der Waals surface area contributed by atoms with Gasteiger partial charge in [0.15, 0.2) is 0 Å². The van der Waals surface area contributed by atoms with Gasteiger partial charge < -0.3 is 15.0 Å². The highest BCUT2D eigenvalue weighted by Gasteiger charge is 2.33. The molecule has 3 rings (SSSR count). The largest absolute Gasteiger partial charge is 0.384 e. The summed E-state index contributed by atoms with van der Waals surface area (Å²) in [5.41, 5.74) is 2.23. The number of para-hydroxylation sites is 1. The number of carbonyl (C=O) groups excluding carboxylic acids is 1. The van der Waals surface area contributed by atoms with Gasteiger partial charge in [0.1, 0.15) is 0 Å². The summed E-state index contributed by atoms with van der Waals surface area (Å²) in [7, 11) is 1.93. The fourth-order valence-electron chi connectivity index (χ4n) is 3.00. The van der Waals surface area contributed by atoms with Gasteiger partial charge in [-0.3, -0.25) is 4.79 Å². The summed E-state index contributed by atoms with van der Waals surface area (Å²) in [4.78, 5) is 14.6. The molecule has 0 aliphatic carbocycles. The minimum Gasteiger partial charge on any atom is -0.384 e. The van der Waals surface area contributed by atoms with E-state index in [4.69, 9.17) is 4.74 Å². The fraction of sp³-hybridized carbons (Fsp3) is 0.533. The lowest BCUT2D eigenvalue weighted by Gasteiger charge is -2.32. The number of rotatable bonds is 2. The number of amides is 1. The molecule has 2 heterocycles. The van der Waals surface area contributed by atoms with Gasteiger partial charge in [0.25, 0.3) is 0 Å². The molecule has 0 radical (unpaired) electrons. The number of carbonyl (C=O) groups is 1. The highest BCUT2D eigenvalue weighted by atomic mass is 16.5. The Hall–Kier alpha value is -1.55. The molecule has 0 spiro atoms. The maximum Gasteiger partial charge on any atom is 0.231 e. The zero-order valence-electron chi connectivity index (χ0n) is 11.3. The Kier molecular flexibility index (Phi) is 3.42. The normalized spacial score (nSPS) is 22.7. The maximum absolute atomic E-state index is 12.7. The zero-order valence-corrected chi connectivity index (χ0v) is 11.3. The lowest BCUT2D eigenvalue weighted by molar-refractivity contribution is -0.134. The van der Waals surface area contributed by atoms with Crippen LogP contribution < -0.4 is 5.32 Å². The van der Waals surface area contributed by atoms with Crippen molar-refractivity contribution in [3.63, 3.8) is 0 Å². The molecule has 1 aromatic carbocycles. The molecule has 102 valence electrons. The lowest BCUT2D eigenvalue weighted by Crippen LogP contribution is -2.43. The molecule has 1 atom stereocenters. The van der Waals surface area contributed by atoms with E-state index in [1.54, 1.807) is 0 Å². The number of benzene rings is 1. The van der Waals surface area contributed by atoms with Gasteiger partial charge in [-0.1, -0.05) is 18.2 Å². The molecule has 4 heteroatoms. The lowest BCUT2D eigenvalue weighted by atomic mass is 9.98. The number of hydrogen-bond acceptors (Lipinski definition) is 3. The van der Waals surface area contributed by atoms with E-state index in [-0.39, 0.29) is 11.8 Å². The van der Waals surface area contributed by atoms with Gasteiger partial charge in [-0.25, -0.2) is 0 Å². The van der Waals surface area contributed by atoms with E-state index in [9.17, 15) is 4.79 Å². The third kappa shape index (κ3) is 2.32. The first-order chi connectivity index (χ1) is 9.27. The fourth-order valence-corrected chi connectivity index (χ4v) is 3.00. The number of nitrogens with one attached hydrogen (secondary N) is 1. The molecule has 19 heavy (non-hydrogen) atoms. The van der Waals surface area contributed by atoms with Crippen LogP contribution in [0.25, 0.3) is 0 Å². The number of anilines is 1. The standard InChI is InChI=1S/C15H20N2O2/c1-17(11-6-8-19-9-7-11)15(18)13-10-16-14-5-3-2-4-12(13)14/h2-5,11,13,16H,6-10H2,1H3. The Morgan fingerprint density at radius 1 is 1.32 bits per heavy atom. The van der Waals surface area contributed by atoms with Crippen molar-refractivity contribution in [2.24, 2.45) is 0 Å². The summed E-state index contributed by atoms with van der Waals surface area (Å²) >= 11 is 0. The molecule has 4 nitrogen and oxygen atoms in total. The molecule has 0 saturated carbocycles. The summed E-state index contributed by atoms with van der Waals surface area (Å²) in [5, 5.41) is 3.32. The molecule has 1 fully saturated rings. The van der Waals surface area contributed by atoms with Crippen molar-refractivity contribution in [3.8, 4) is 0 Å². The van der Waals surface area contributed by atoms with E-state index in [0.717, 1.165) is 37.3 Å². The first kappa shape index (κ1) is 12.5. The van der Waals surface area contributed by atoms with Crippen molar-refractivity contribution in [2.75, 3.05) is 32.1 Å². The first-order valence-corrected chi connectivity index (χ1v) is 6.94. The Balaban J connectivity index is 1.74. The predicted octanol–water partition coefficient (Wildman–Crippen LogP) is 1.83. The molecule has 2 aliphatic heterocycles. The van der Waals surface area contributed by atoms with Crippen LogP contribution in [0.2, 0.25) is 0 Å². The van der Waals surface area contributed by atoms with Crippen molar-refractivity contribution in [3.05, 3.63) is 29.8 Å². The number of likely N-dealkylation sites (N-methyl/N-ethyl adjacent to an activating group) is 1. The molecule has 0 bridgehead atoms. The zero-order chi connectivity index (χ0) is 13.2. The van der Waals surface area contributed by atoms with E-state index in [2.05, 4.69) is 11.4 Å². The van der Waals surface area contributed by atoms with Gasteiger partial charge in [-0.2, -0.15) is 0 Å². The quantitative estimate of drug-likeness (QED) is 0.882. The number of hydrogen-bond donors (Lipinski definition) is 1. The number of fused-ring (bicyclic) bond motifs is 1. The Morgan fingerprint density at radius 2 is 2.05 bits per heavy atom. The van der Waals surface area contributed by atoms with E-state index < -0.39 is 0 Å². The minimum absolute atomic E-state index is 0.0379. The second-order valence-electron chi connectivity index (χ2n) is 5.31. The van der Waals surface area contributed by atoms with Gasteiger partial charge in [-0.05, 0) is 24.5 Å². The van der Waals surface area contributed by atoms with Crippen LogP contribution in [-0.4, -0.2) is 43.7 Å². The van der Waals surface area contributed by atoms with Crippen molar-refractivity contribution in [1.29, 1.82) is 0 Å². The first-order valence-electron chi connectivity index (χ1n) is 6.94. The van der Waals surface area contributed by atoms with E-state index in [1.165, 1.54) is 0 Å². The second kappa shape index (κ2) is 5.21. The topological polar surface area (TPSA) is 41.6 Å². The monoisotopic (exact) mass is 260 g/mol. The highest BCUT2D eigenvalue weighted by Crippen LogP contribution is 2.32. The van der Waals surface area contributed by atoms with Crippen LogP contribution in [0.3, 0.4) is 0 Å². The molecule has 1 N–H and O–H groups in total. The Labute approximate surface area is 113 Å². The van der Waals surface area contributed by atoms with Crippen molar-refractivity contribution >= 4 is 11.6 Å². The molecule has 1 aromatic rings. The summed E-state index contributed by atoms with van der Waals surface area (Å²) in [5.74, 6) is 0.188. The minimum atomic E-state index is -0.0379. The third-order valence-electron chi connectivity index (χ3n) is 4.22. The molecule has 0 aromatic heterocycles. The maximum atomic E-state index is 12.7. The third-order valence-corrected chi connectivity index (χ3v) is 4.22.